The number of phenols is 1. The van der Waals surface area contributed by atoms with Crippen molar-refractivity contribution in [2.75, 3.05) is 4.90 Å². The van der Waals surface area contributed by atoms with Gasteiger partial charge in [-0.3, -0.25) is 14.5 Å². The van der Waals surface area contributed by atoms with Gasteiger partial charge >= 0.3 is 6.36 Å². The van der Waals surface area contributed by atoms with Crippen molar-refractivity contribution < 1.29 is 37.7 Å². The van der Waals surface area contributed by atoms with E-state index in [2.05, 4.69) is 4.74 Å². The fraction of sp³-hybridized carbons (Fsp3) is 0.214. The Balaban J connectivity index is 1.62. The van der Waals surface area contributed by atoms with Crippen molar-refractivity contribution in [3.8, 4) is 11.5 Å². The Morgan fingerprint density at radius 2 is 1.54 bits per heavy atom. The van der Waals surface area contributed by atoms with E-state index in [1.807, 2.05) is 12.1 Å². The molecule has 1 atom stereocenters. The number of hydrogen-bond acceptors (Lipinski definition) is 5. The molecule has 0 radical (unpaired) electrons. The van der Waals surface area contributed by atoms with Gasteiger partial charge in [0.05, 0.1) is 11.6 Å². The molecule has 5 rings (SSSR count). The lowest BCUT2D eigenvalue weighted by atomic mass is 9.88. The molecule has 1 saturated heterocycles. The highest BCUT2D eigenvalue weighted by Gasteiger charge is 2.47. The third-order valence-electron chi connectivity index (χ3n) is 6.62. The van der Waals surface area contributed by atoms with Gasteiger partial charge in [0.15, 0.2) is 0 Å². The summed E-state index contributed by atoms with van der Waals surface area (Å²) in [6.07, 6.45) is -1.01. The second kappa shape index (κ2) is 9.31. The molecule has 1 fully saturated rings. The highest BCUT2D eigenvalue weighted by atomic mass is 19.4. The number of carbonyl (C=O) groups is 2. The van der Waals surface area contributed by atoms with Crippen molar-refractivity contribution in [1.82, 2.24) is 0 Å². The molecule has 3 aromatic rings. The zero-order chi connectivity index (χ0) is 26.3. The van der Waals surface area contributed by atoms with Gasteiger partial charge in [0.25, 0.3) is 11.7 Å². The Kier molecular flexibility index (Phi) is 6.15. The maximum atomic E-state index is 13.3. The summed E-state index contributed by atoms with van der Waals surface area (Å²) in [7, 11) is 0. The molecule has 3 aromatic carbocycles. The number of rotatable bonds is 4. The van der Waals surface area contributed by atoms with Crippen molar-refractivity contribution in [3.05, 3.63) is 94.6 Å². The van der Waals surface area contributed by atoms with Gasteiger partial charge in [-0.15, -0.1) is 13.2 Å². The molecule has 1 aliphatic heterocycles. The van der Waals surface area contributed by atoms with Crippen LogP contribution in [-0.4, -0.2) is 28.3 Å². The van der Waals surface area contributed by atoms with Gasteiger partial charge in [0.2, 0.25) is 0 Å². The van der Waals surface area contributed by atoms with E-state index >= 15 is 0 Å². The molecular weight excluding hydrogens is 487 g/mol. The summed E-state index contributed by atoms with van der Waals surface area (Å²) in [5.74, 6) is -2.73. The summed E-state index contributed by atoms with van der Waals surface area (Å²) in [6.45, 7) is 0. The summed E-state index contributed by atoms with van der Waals surface area (Å²) >= 11 is 0. The number of aliphatic hydroxyl groups is 1. The van der Waals surface area contributed by atoms with Crippen LogP contribution < -0.4 is 9.64 Å². The number of aliphatic hydroxyl groups excluding tert-OH is 1. The van der Waals surface area contributed by atoms with Crippen LogP contribution in [0.5, 0.6) is 11.5 Å². The molecule has 1 unspecified atom stereocenters. The second-order valence-electron chi connectivity index (χ2n) is 8.99. The van der Waals surface area contributed by atoms with E-state index in [1.54, 1.807) is 6.07 Å². The van der Waals surface area contributed by atoms with Crippen molar-refractivity contribution in [3.63, 3.8) is 0 Å². The lowest BCUT2D eigenvalue weighted by Gasteiger charge is -2.26. The molecule has 1 heterocycles. The van der Waals surface area contributed by atoms with E-state index in [4.69, 9.17) is 0 Å². The number of alkyl halides is 3. The molecule has 0 bridgehead atoms. The van der Waals surface area contributed by atoms with Crippen molar-refractivity contribution in [2.24, 2.45) is 0 Å². The van der Waals surface area contributed by atoms with E-state index in [9.17, 15) is 33.0 Å². The van der Waals surface area contributed by atoms with E-state index in [0.29, 0.717) is 11.1 Å². The Hall–Kier alpha value is -4.27. The van der Waals surface area contributed by atoms with Gasteiger partial charge in [-0.1, -0.05) is 24.3 Å². The number of nitrogens with zero attached hydrogens (tertiary/aromatic N) is 1. The Morgan fingerprint density at radius 1 is 0.892 bits per heavy atom. The molecule has 0 aromatic heterocycles. The lowest BCUT2D eigenvalue weighted by Crippen LogP contribution is -2.29. The smallest absolute Gasteiger partial charge is 0.508 e. The van der Waals surface area contributed by atoms with E-state index in [-0.39, 0.29) is 22.8 Å². The van der Waals surface area contributed by atoms with E-state index < -0.39 is 29.8 Å². The van der Waals surface area contributed by atoms with Gasteiger partial charge in [0.1, 0.15) is 17.3 Å². The monoisotopic (exact) mass is 509 g/mol. The molecule has 6 nitrogen and oxygen atoms in total. The van der Waals surface area contributed by atoms with Crippen LogP contribution in [0.25, 0.3) is 5.76 Å². The van der Waals surface area contributed by atoms with Crippen molar-refractivity contribution in [1.29, 1.82) is 0 Å². The van der Waals surface area contributed by atoms with Crippen LogP contribution in [0.3, 0.4) is 0 Å². The average Bonchev–Trinajstić information content (AvgIpc) is 3.13. The number of amides is 1. The van der Waals surface area contributed by atoms with Gasteiger partial charge < -0.3 is 14.9 Å². The van der Waals surface area contributed by atoms with Gasteiger partial charge in [0, 0.05) is 11.3 Å². The number of ketones is 1. The summed E-state index contributed by atoms with van der Waals surface area (Å²) in [5, 5.41) is 21.1. The number of aryl methyl sites for hydroxylation is 2. The third kappa shape index (κ3) is 4.76. The highest BCUT2D eigenvalue weighted by molar-refractivity contribution is 6.51. The van der Waals surface area contributed by atoms with Gasteiger partial charge in [-0.05, 0) is 84.8 Å². The minimum Gasteiger partial charge on any atom is -0.508 e. The van der Waals surface area contributed by atoms with Crippen LogP contribution >= 0.6 is 0 Å². The summed E-state index contributed by atoms with van der Waals surface area (Å²) in [5.41, 5.74) is 3.07. The van der Waals surface area contributed by atoms with Crippen LogP contribution in [0, 0.1) is 0 Å². The molecule has 0 spiro atoms. The first-order valence-corrected chi connectivity index (χ1v) is 11.7. The van der Waals surface area contributed by atoms with Crippen LogP contribution in [0.15, 0.2) is 72.3 Å². The fourth-order valence-electron chi connectivity index (χ4n) is 4.92. The number of benzene rings is 3. The molecular formula is C28H22F3NO5. The quantitative estimate of drug-likeness (QED) is 0.264. The topological polar surface area (TPSA) is 87.1 Å². The number of ether oxygens (including phenoxy) is 1. The van der Waals surface area contributed by atoms with Crippen molar-refractivity contribution >= 4 is 23.1 Å². The van der Waals surface area contributed by atoms with Gasteiger partial charge in [-0.25, -0.2) is 0 Å². The summed E-state index contributed by atoms with van der Waals surface area (Å²) in [4.78, 5) is 27.6. The second-order valence-corrected chi connectivity index (χ2v) is 8.99. The van der Waals surface area contributed by atoms with Crippen LogP contribution in [0.1, 0.15) is 41.1 Å². The highest BCUT2D eigenvalue weighted by Crippen LogP contribution is 2.43. The Morgan fingerprint density at radius 3 is 2.19 bits per heavy atom. The first-order chi connectivity index (χ1) is 17.6. The standard InChI is InChI=1S/C28H22F3NO5/c29-28(30,31)37-22-13-9-20(10-14-22)32-24(17-7-11-21(33)12-8-17)23(26(35)27(32)36)25(34)19-6-5-16-3-1-2-4-18(16)15-19/h5-15,24,33-34H,1-4H2/b25-23-. The molecule has 1 aliphatic carbocycles. The third-order valence-corrected chi connectivity index (χ3v) is 6.62. The summed E-state index contributed by atoms with van der Waals surface area (Å²) in [6, 6.07) is 14.7. The number of fused-ring (bicyclic) bond motifs is 1. The Bertz CT molecular complexity index is 1390. The van der Waals surface area contributed by atoms with E-state index in [0.717, 1.165) is 48.3 Å². The number of aromatic hydroxyl groups is 1. The van der Waals surface area contributed by atoms with Crippen LogP contribution in [0.2, 0.25) is 0 Å². The molecule has 1 amide bonds. The van der Waals surface area contributed by atoms with E-state index in [1.165, 1.54) is 42.0 Å². The number of halogens is 3. The number of carbonyl (C=O) groups excluding carboxylic acids is 2. The molecule has 2 N–H and O–H groups in total. The molecule has 0 saturated carbocycles. The first kappa shape index (κ1) is 24.4. The van der Waals surface area contributed by atoms with Crippen molar-refractivity contribution in [2.45, 2.75) is 38.1 Å². The minimum atomic E-state index is -4.88. The predicted octanol–water partition coefficient (Wildman–Crippen LogP) is 5.80. The normalized spacial score (nSPS) is 19.1. The number of Topliss-reactive ketones (excluding diaryl/α,β-unsaturated/α-hetero) is 1. The maximum Gasteiger partial charge on any atom is 0.573 e. The zero-order valence-corrected chi connectivity index (χ0v) is 19.5. The molecule has 9 heteroatoms. The number of hydrogen-bond donors (Lipinski definition) is 2. The Labute approximate surface area is 210 Å². The summed E-state index contributed by atoms with van der Waals surface area (Å²) < 4.78 is 41.7. The number of phenolic OH excluding ortho intramolecular Hbond substituents is 1. The first-order valence-electron chi connectivity index (χ1n) is 11.7. The molecule has 2 aliphatic rings. The lowest BCUT2D eigenvalue weighted by molar-refractivity contribution is -0.274. The molecule has 37 heavy (non-hydrogen) atoms. The minimum absolute atomic E-state index is 0.0379. The van der Waals surface area contributed by atoms with Crippen LogP contribution in [-0.2, 0) is 22.4 Å². The largest absolute Gasteiger partial charge is 0.573 e. The van der Waals surface area contributed by atoms with Gasteiger partial charge in [-0.2, -0.15) is 0 Å². The average molecular weight is 509 g/mol. The fourth-order valence-corrected chi connectivity index (χ4v) is 4.92. The van der Waals surface area contributed by atoms with Crippen LogP contribution in [0.4, 0.5) is 18.9 Å². The number of anilines is 1. The predicted molar refractivity (Wildman–Crippen MR) is 129 cm³/mol. The maximum absolute atomic E-state index is 13.3. The zero-order valence-electron chi connectivity index (χ0n) is 19.5. The SMILES string of the molecule is O=C1C(=O)N(c2ccc(OC(F)(F)F)cc2)C(c2ccc(O)cc2)/C1=C(/O)c1ccc2c(c1)CCCC2. The molecule has 190 valence electrons.